The highest BCUT2D eigenvalue weighted by Gasteiger charge is 2.33. The summed E-state index contributed by atoms with van der Waals surface area (Å²) in [5, 5.41) is 0. The number of hydrogen-bond acceptors (Lipinski definition) is 5. The number of amides is 1. The number of H-pyrrole nitrogens is 1. The van der Waals surface area contributed by atoms with E-state index in [2.05, 4.69) is 11.9 Å². The van der Waals surface area contributed by atoms with E-state index < -0.39 is 11.2 Å². The molecule has 0 spiro atoms. The standard InChI is InChI=1S/C21H25N3O5/c1-14-10-24(20(27)22-19(14)26)11-18(25)23-7-3-6-21(2,12-23)9-15-4-5-16-17(8-15)29-13-28-16/h4-5,8,10H,3,6-7,9,11-13H2,1-2H3,(H,22,26,27). The summed E-state index contributed by atoms with van der Waals surface area (Å²) in [6, 6.07) is 5.98. The van der Waals surface area contributed by atoms with E-state index in [0.29, 0.717) is 18.7 Å². The molecule has 1 atom stereocenters. The molecule has 1 aromatic carbocycles. The van der Waals surface area contributed by atoms with Gasteiger partial charge in [-0.1, -0.05) is 13.0 Å². The maximum atomic E-state index is 12.8. The van der Waals surface area contributed by atoms with Gasteiger partial charge in [0.2, 0.25) is 12.7 Å². The minimum Gasteiger partial charge on any atom is -0.454 e. The quantitative estimate of drug-likeness (QED) is 0.840. The molecule has 8 heteroatoms. The fraction of sp³-hybridized carbons (Fsp3) is 0.476. The third kappa shape index (κ3) is 4.06. The van der Waals surface area contributed by atoms with Crippen LogP contribution in [0.4, 0.5) is 0 Å². The lowest BCUT2D eigenvalue weighted by Gasteiger charge is -2.41. The van der Waals surface area contributed by atoms with Gasteiger partial charge in [-0.2, -0.15) is 0 Å². The third-order valence-electron chi connectivity index (χ3n) is 5.70. The fourth-order valence-corrected chi connectivity index (χ4v) is 4.20. The van der Waals surface area contributed by atoms with Crippen molar-refractivity contribution in [3.63, 3.8) is 0 Å². The topological polar surface area (TPSA) is 93.6 Å². The summed E-state index contributed by atoms with van der Waals surface area (Å²) < 4.78 is 12.1. The smallest absolute Gasteiger partial charge is 0.328 e. The predicted octanol–water partition coefficient (Wildman–Crippen LogP) is 1.45. The Hall–Kier alpha value is -3.03. The molecule has 154 valence electrons. The molecular weight excluding hydrogens is 374 g/mol. The number of benzene rings is 1. The molecule has 29 heavy (non-hydrogen) atoms. The first-order valence-electron chi connectivity index (χ1n) is 9.80. The van der Waals surface area contributed by atoms with Gasteiger partial charge in [0.1, 0.15) is 6.54 Å². The van der Waals surface area contributed by atoms with E-state index in [1.54, 1.807) is 6.92 Å². The number of rotatable bonds is 4. The SMILES string of the molecule is Cc1cn(CC(=O)N2CCCC(C)(Cc3ccc4c(c3)OCO4)C2)c(=O)[nH]c1=O. The van der Waals surface area contributed by atoms with Gasteiger partial charge in [0.25, 0.3) is 5.56 Å². The summed E-state index contributed by atoms with van der Waals surface area (Å²) >= 11 is 0. The van der Waals surface area contributed by atoms with Crippen molar-refractivity contribution in [1.82, 2.24) is 14.5 Å². The Bertz CT molecular complexity index is 1060. The minimum absolute atomic E-state index is 0.0620. The lowest BCUT2D eigenvalue weighted by Crippen LogP contribution is -2.47. The Morgan fingerprint density at radius 3 is 2.86 bits per heavy atom. The number of carbonyl (C=O) groups excluding carboxylic acids is 1. The molecule has 0 aliphatic carbocycles. The number of hydrogen-bond donors (Lipinski definition) is 1. The number of piperidine rings is 1. The van der Waals surface area contributed by atoms with Crippen LogP contribution >= 0.6 is 0 Å². The first-order chi connectivity index (χ1) is 13.8. The molecule has 1 fully saturated rings. The summed E-state index contributed by atoms with van der Waals surface area (Å²) in [5.41, 5.74) is 0.511. The van der Waals surface area contributed by atoms with Crippen molar-refractivity contribution in [3.8, 4) is 11.5 Å². The second kappa shape index (κ2) is 7.42. The van der Waals surface area contributed by atoms with Gasteiger partial charge in [-0.05, 0) is 49.3 Å². The molecule has 1 amide bonds. The zero-order chi connectivity index (χ0) is 20.6. The number of aromatic amines is 1. The summed E-state index contributed by atoms with van der Waals surface area (Å²) in [7, 11) is 0. The Morgan fingerprint density at radius 2 is 2.03 bits per heavy atom. The van der Waals surface area contributed by atoms with Crippen LogP contribution in [-0.4, -0.2) is 40.2 Å². The van der Waals surface area contributed by atoms with Gasteiger partial charge < -0.3 is 14.4 Å². The predicted molar refractivity (Wildman–Crippen MR) is 106 cm³/mol. The van der Waals surface area contributed by atoms with Crippen molar-refractivity contribution < 1.29 is 14.3 Å². The molecule has 4 rings (SSSR count). The average Bonchev–Trinajstić information content (AvgIpc) is 3.13. The van der Waals surface area contributed by atoms with Crippen LogP contribution in [0.5, 0.6) is 11.5 Å². The largest absolute Gasteiger partial charge is 0.454 e. The second-order valence-corrected chi connectivity index (χ2v) is 8.29. The van der Waals surface area contributed by atoms with Gasteiger partial charge in [0.05, 0.1) is 0 Å². The molecule has 3 heterocycles. The van der Waals surface area contributed by atoms with E-state index in [9.17, 15) is 14.4 Å². The Kier molecular flexibility index (Phi) is 4.94. The highest BCUT2D eigenvalue weighted by molar-refractivity contribution is 5.76. The Morgan fingerprint density at radius 1 is 1.24 bits per heavy atom. The van der Waals surface area contributed by atoms with E-state index in [-0.39, 0.29) is 24.7 Å². The van der Waals surface area contributed by atoms with Gasteiger partial charge in [0, 0.05) is 24.8 Å². The van der Waals surface area contributed by atoms with Crippen LogP contribution < -0.4 is 20.7 Å². The third-order valence-corrected chi connectivity index (χ3v) is 5.70. The number of ether oxygens (including phenoxy) is 2. The summed E-state index contributed by atoms with van der Waals surface area (Å²) in [6.07, 6.45) is 4.19. The molecule has 0 bridgehead atoms. The molecular formula is C21H25N3O5. The zero-order valence-electron chi connectivity index (χ0n) is 16.7. The molecule has 1 unspecified atom stereocenters. The number of nitrogens with one attached hydrogen (secondary N) is 1. The van der Waals surface area contributed by atoms with Crippen LogP contribution in [0.1, 0.15) is 30.9 Å². The van der Waals surface area contributed by atoms with Crippen molar-refractivity contribution >= 4 is 5.91 Å². The van der Waals surface area contributed by atoms with Crippen molar-refractivity contribution in [2.24, 2.45) is 5.41 Å². The van der Waals surface area contributed by atoms with Gasteiger partial charge in [-0.3, -0.25) is 19.1 Å². The first-order valence-corrected chi connectivity index (χ1v) is 9.80. The van der Waals surface area contributed by atoms with E-state index in [1.165, 1.54) is 10.8 Å². The normalized spacial score (nSPS) is 20.7. The van der Waals surface area contributed by atoms with Crippen molar-refractivity contribution in [2.75, 3.05) is 19.9 Å². The average molecular weight is 399 g/mol. The summed E-state index contributed by atoms with van der Waals surface area (Å²) in [5.74, 6) is 1.42. The van der Waals surface area contributed by atoms with Crippen molar-refractivity contribution in [2.45, 2.75) is 39.7 Å². The minimum atomic E-state index is -0.561. The Labute approximate surface area is 168 Å². The number of fused-ring (bicyclic) bond motifs is 1. The van der Waals surface area contributed by atoms with E-state index in [1.807, 2.05) is 23.1 Å². The highest BCUT2D eigenvalue weighted by Crippen LogP contribution is 2.37. The molecule has 2 aliphatic rings. The van der Waals surface area contributed by atoms with Crippen LogP contribution in [0.3, 0.4) is 0 Å². The van der Waals surface area contributed by atoms with Gasteiger partial charge >= 0.3 is 5.69 Å². The summed E-state index contributed by atoms with van der Waals surface area (Å²) in [6.45, 7) is 5.28. The van der Waals surface area contributed by atoms with Gasteiger partial charge in [-0.15, -0.1) is 0 Å². The molecule has 1 aromatic heterocycles. The van der Waals surface area contributed by atoms with E-state index >= 15 is 0 Å². The van der Waals surface area contributed by atoms with Crippen LogP contribution in [0.25, 0.3) is 0 Å². The van der Waals surface area contributed by atoms with Crippen LogP contribution in [0.15, 0.2) is 34.0 Å². The maximum Gasteiger partial charge on any atom is 0.328 e. The zero-order valence-corrected chi connectivity index (χ0v) is 16.7. The maximum absolute atomic E-state index is 12.8. The molecule has 1 N–H and O–H groups in total. The lowest BCUT2D eigenvalue weighted by molar-refractivity contribution is -0.135. The second-order valence-electron chi connectivity index (χ2n) is 8.29. The van der Waals surface area contributed by atoms with Crippen LogP contribution in [0.2, 0.25) is 0 Å². The number of likely N-dealkylation sites (tertiary alicyclic amines) is 1. The van der Waals surface area contributed by atoms with E-state index in [4.69, 9.17) is 9.47 Å². The molecule has 2 aromatic rings. The number of carbonyl (C=O) groups is 1. The molecule has 8 nitrogen and oxygen atoms in total. The van der Waals surface area contributed by atoms with Gasteiger partial charge in [0.15, 0.2) is 11.5 Å². The lowest BCUT2D eigenvalue weighted by atomic mass is 9.77. The van der Waals surface area contributed by atoms with Crippen molar-refractivity contribution in [1.29, 1.82) is 0 Å². The number of aryl methyl sites for hydroxylation is 1. The fourth-order valence-electron chi connectivity index (χ4n) is 4.20. The highest BCUT2D eigenvalue weighted by atomic mass is 16.7. The van der Waals surface area contributed by atoms with Crippen molar-refractivity contribution in [3.05, 3.63) is 56.4 Å². The van der Waals surface area contributed by atoms with Gasteiger partial charge in [-0.25, -0.2) is 4.79 Å². The number of aromatic nitrogens is 2. The molecule has 0 radical (unpaired) electrons. The number of nitrogens with zero attached hydrogens (tertiary/aromatic N) is 2. The molecule has 2 aliphatic heterocycles. The first kappa shape index (κ1) is 19.3. The summed E-state index contributed by atoms with van der Waals surface area (Å²) in [4.78, 5) is 40.4. The monoisotopic (exact) mass is 399 g/mol. The molecule has 1 saturated heterocycles. The molecule has 0 saturated carbocycles. The Balaban J connectivity index is 1.46. The van der Waals surface area contributed by atoms with Crippen LogP contribution in [0, 0.1) is 12.3 Å². The van der Waals surface area contributed by atoms with E-state index in [0.717, 1.165) is 36.3 Å². The van der Waals surface area contributed by atoms with Crippen LogP contribution in [-0.2, 0) is 17.8 Å².